The molecule has 0 bridgehead atoms. The van der Waals surface area contributed by atoms with Crippen LogP contribution in [0.15, 0.2) is 107 Å². The summed E-state index contributed by atoms with van der Waals surface area (Å²) in [7, 11) is -3.27. The molecular weight excluding hydrogens is 950 g/mol. The standard InChI is InChI=1S/C50H45Cl2N5O9S2/c1-28(2)46(58)56-50-54-29(3)49(67-50)68(61,62)57-25-37-23-44-43(65-27-45(66-44)35-14-16-38(17-15-35)64-26-32-9-18-39(51)40(52)19-32)22-36(37)21-42(57)47(59)55-41(48(60)63-4)20-30-5-10-33(11-6-30)34-12-7-31(24-53)8-13-34/h5-19,22-23,28,41-42,45H,20-21,25-27H2,1-4H3,(H,55,59)(H,54,56,58)/t41-,42?,45+/m0/s1. The van der Waals surface area contributed by atoms with E-state index < -0.39 is 40.1 Å². The number of aromatic nitrogens is 1. The fraction of sp³-hybridized carbons (Fsp3) is 0.260. The van der Waals surface area contributed by atoms with Gasteiger partial charge in [-0.05, 0) is 101 Å². The lowest BCUT2D eigenvalue weighted by Crippen LogP contribution is -2.56. The second-order valence-electron chi connectivity index (χ2n) is 16.6. The number of carbonyl (C=O) groups is 3. The molecule has 350 valence electrons. The van der Waals surface area contributed by atoms with Crippen molar-refractivity contribution >= 4 is 67.5 Å². The highest BCUT2D eigenvalue weighted by Crippen LogP contribution is 2.43. The molecule has 3 atom stereocenters. The Kier molecular flexibility index (Phi) is 14.4. The number of nitrogens with zero attached hydrogens (tertiary/aromatic N) is 3. The van der Waals surface area contributed by atoms with Crippen LogP contribution in [0.1, 0.15) is 59.0 Å². The van der Waals surface area contributed by atoms with Crippen LogP contribution in [0, 0.1) is 24.2 Å². The van der Waals surface area contributed by atoms with Crippen molar-refractivity contribution in [3.8, 4) is 34.4 Å². The minimum atomic E-state index is -4.48. The Morgan fingerprint density at radius 2 is 1.59 bits per heavy atom. The van der Waals surface area contributed by atoms with E-state index in [0.29, 0.717) is 49.5 Å². The number of nitrogens with one attached hydrogen (secondary N) is 2. The molecule has 1 aromatic heterocycles. The molecule has 0 saturated carbocycles. The number of nitriles is 1. The van der Waals surface area contributed by atoms with Crippen LogP contribution in [0.2, 0.25) is 10.0 Å². The Hall–Kier alpha value is -6.48. The molecule has 2 aliphatic heterocycles. The highest BCUT2D eigenvalue weighted by atomic mass is 35.5. The van der Waals surface area contributed by atoms with Gasteiger partial charge in [0, 0.05) is 18.9 Å². The molecule has 6 aromatic rings. The lowest BCUT2D eigenvalue weighted by Gasteiger charge is -2.36. The van der Waals surface area contributed by atoms with Gasteiger partial charge >= 0.3 is 5.97 Å². The summed E-state index contributed by atoms with van der Waals surface area (Å²) >= 11 is 13.0. The van der Waals surface area contributed by atoms with Crippen molar-refractivity contribution in [2.45, 2.75) is 69.2 Å². The van der Waals surface area contributed by atoms with Crippen molar-refractivity contribution in [1.82, 2.24) is 14.6 Å². The molecule has 68 heavy (non-hydrogen) atoms. The van der Waals surface area contributed by atoms with Crippen molar-refractivity contribution in [3.05, 3.63) is 152 Å². The van der Waals surface area contributed by atoms with Gasteiger partial charge in [-0.1, -0.05) is 103 Å². The summed E-state index contributed by atoms with van der Waals surface area (Å²) in [5, 5.41) is 15.7. The number of halogens is 2. The third kappa shape index (κ3) is 10.6. The molecule has 0 radical (unpaired) electrons. The van der Waals surface area contributed by atoms with E-state index in [2.05, 4.69) is 21.7 Å². The maximum Gasteiger partial charge on any atom is 0.328 e. The average Bonchev–Trinajstić information content (AvgIpc) is 3.72. The Bertz CT molecular complexity index is 3030. The molecule has 3 heterocycles. The largest absolute Gasteiger partial charge is 0.489 e. The van der Waals surface area contributed by atoms with E-state index in [1.165, 1.54) is 14.0 Å². The Labute approximate surface area is 407 Å². The van der Waals surface area contributed by atoms with E-state index in [1.54, 1.807) is 50.2 Å². The molecule has 5 aromatic carbocycles. The minimum Gasteiger partial charge on any atom is -0.489 e. The van der Waals surface area contributed by atoms with E-state index >= 15 is 0 Å². The summed E-state index contributed by atoms with van der Waals surface area (Å²) in [6.07, 6.45) is -0.538. The molecule has 8 rings (SSSR count). The van der Waals surface area contributed by atoms with Crippen molar-refractivity contribution in [2.24, 2.45) is 5.92 Å². The number of aryl methyl sites for hydroxylation is 1. The van der Waals surface area contributed by atoms with E-state index in [-0.39, 0.29) is 59.5 Å². The molecule has 2 aliphatic rings. The summed E-state index contributed by atoms with van der Waals surface area (Å²) in [5.41, 5.74) is 6.08. The van der Waals surface area contributed by atoms with Gasteiger partial charge in [-0.2, -0.15) is 9.57 Å². The number of sulfonamides is 1. The van der Waals surface area contributed by atoms with Crippen molar-refractivity contribution in [2.75, 3.05) is 19.0 Å². The number of fused-ring (bicyclic) bond motifs is 2. The molecule has 14 nitrogen and oxygen atoms in total. The number of anilines is 1. The molecule has 1 unspecified atom stereocenters. The quantitative estimate of drug-likeness (QED) is 0.0993. The van der Waals surface area contributed by atoms with E-state index in [4.69, 9.17) is 42.1 Å². The number of rotatable bonds is 14. The van der Waals surface area contributed by atoms with Crippen LogP contribution in [-0.2, 0) is 55.1 Å². The zero-order valence-electron chi connectivity index (χ0n) is 37.2. The lowest BCUT2D eigenvalue weighted by atomic mass is 9.93. The van der Waals surface area contributed by atoms with Gasteiger partial charge in [0.25, 0.3) is 10.0 Å². The van der Waals surface area contributed by atoms with Gasteiger partial charge in [-0.3, -0.25) is 9.59 Å². The van der Waals surface area contributed by atoms with Crippen molar-refractivity contribution in [1.29, 1.82) is 5.26 Å². The summed E-state index contributed by atoms with van der Waals surface area (Å²) < 4.78 is 54.4. The predicted octanol–water partition coefficient (Wildman–Crippen LogP) is 9.00. The highest BCUT2D eigenvalue weighted by molar-refractivity contribution is 7.91. The monoisotopic (exact) mass is 993 g/mol. The van der Waals surface area contributed by atoms with Gasteiger partial charge in [0.15, 0.2) is 26.9 Å². The number of ether oxygens (including phenoxy) is 4. The van der Waals surface area contributed by atoms with Crippen LogP contribution in [0.4, 0.5) is 5.13 Å². The minimum absolute atomic E-state index is 0.0450. The van der Waals surface area contributed by atoms with E-state index in [1.807, 2.05) is 66.7 Å². The van der Waals surface area contributed by atoms with Crippen molar-refractivity contribution < 1.29 is 41.7 Å². The Morgan fingerprint density at radius 3 is 2.25 bits per heavy atom. The maximum atomic E-state index is 14.8. The number of benzene rings is 5. The summed E-state index contributed by atoms with van der Waals surface area (Å²) in [5.74, 6) is -0.711. The van der Waals surface area contributed by atoms with Crippen LogP contribution in [0.5, 0.6) is 17.2 Å². The van der Waals surface area contributed by atoms with Gasteiger partial charge in [-0.15, -0.1) is 0 Å². The number of methoxy groups -OCH3 is 1. The fourth-order valence-corrected chi connectivity index (χ4v) is 11.2. The van der Waals surface area contributed by atoms with E-state index in [9.17, 15) is 28.1 Å². The summed E-state index contributed by atoms with van der Waals surface area (Å²) in [6.45, 7) is 5.16. The molecule has 18 heteroatoms. The maximum absolute atomic E-state index is 14.8. The number of thiazole rings is 1. The molecule has 0 saturated heterocycles. The van der Waals surface area contributed by atoms with Crippen molar-refractivity contribution in [3.63, 3.8) is 0 Å². The number of esters is 1. The number of amides is 2. The van der Waals surface area contributed by atoms with Gasteiger partial charge < -0.3 is 29.6 Å². The lowest BCUT2D eigenvalue weighted by molar-refractivity contribution is -0.145. The van der Waals surface area contributed by atoms with Crippen LogP contribution in [-0.4, -0.2) is 61.3 Å². The van der Waals surface area contributed by atoms with Crippen LogP contribution in [0.25, 0.3) is 11.1 Å². The van der Waals surface area contributed by atoms with Gasteiger partial charge in [-0.25, -0.2) is 18.2 Å². The summed E-state index contributed by atoms with van der Waals surface area (Å²) in [4.78, 5) is 44.8. The van der Waals surface area contributed by atoms with Gasteiger partial charge in [0.2, 0.25) is 11.8 Å². The first-order valence-electron chi connectivity index (χ1n) is 21.5. The smallest absolute Gasteiger partial charge is 0.328 e. The van der Waals surface area contributed by atoms with Crippen LogP contribution < -0.4 is 24.8 Å². The molecule has 0 fully saturated rings. The molecule has 2 N–H and O–H groups in total. The molecule has 0 aliphatic carbocycles. The van der Waals surface area contributed by atoms with Gasteiger partial charge in [0.1, 0.15) is 31.0 Å². The molecule has 2 amide bonds. The first-order chi connectivity index (χ1) is 32.6. The topological polar surface area (TPSA) is 186 Å². The third-order valence-corrected chi connectivity index (χ3v) is 15.8. The molecular formula is C50H45Cl2N5O9S2. The Balaban J connectivity index is 1.04. The number of carbonyl (C=O) groups excluding carboxylic acids is 3. The second-order valence-corrected chi connectivity index (χ2v) is 20.5. The fourth-order valence-electron chi connectivity index (χ4n) is 7.78. The third-order valence-electron chi connectivity index (χ3n) is 11.6. The SMILES string of the molecule is COC(=O)[C@H](Cc1ccc(-c2ccc(C#N)cc2)cc1)NC(=O)C1Cc2cc3c(cc2CN1S(=O)(=O)c1sc(NC(=O)C(C)C)nc1C)O[C@@H](c1ccc(OCc2ccc(Cl)c(Cl)c2)cc1)CO3. The zero-order valence-corrected chi connectivity index (χ0v) is 40.4. The van der Waals surface area contributed by atoms with E-state index in [0.717, 1.165) is 37.9 Å². The van der Waals surface area contributed by atoms with Crippen LogP contribution >= 0.6 is 34.5 Å². The first kappa shape index (κ1) is 48.0. The van der Waals surface area contributed by atoms with Gasteiger partial charge in [0.05, 0.1) is 34.5 Å². The molecule has 0 spiro atoms. The van der Waals surface area contributed by atoms with Crippen LogP contribution in [0.3, 0.4) is 0 Å². The highest BCUT2D eigenvalue weighted by Gasteiger charge is 2.43. The predicted molar refractivity (Wildman–Crippen MR) is 257 cm³/mol. The zero-order chi connectivity index (χ0) is 48.3. The number of hydrogen-bond donors (Lipinski definition) is 2. The summed E-state index contributed by atoms with van der Waals surface area (Å²) in [6, 6.07) is 30.3. The number of hydrogen-bond acceptors (Lipinski definition) is 12. The average molecular weight is 995 g/mol. The Morgan fingerprint density at radius 1 is 0.912 bits per heavy atom. The normalized spacial score (nSPS) is 16.0. The second kappa shape index (κ2) is 20.4. The first-order valence-corrected chi connectivity index (χ1v) is 24.5.